The average molecular weight is 405 g/mol. The van der Waals surface area contributed by atoms with Crippen LogP contribution in [0.5, 0.6) is 5.75 Å². The van der Waals surface area contributed by atoms with Crippen LogP contribution in [0.2, 0.25) is 0 Å². The molecule has 0 aliphatic carbocycles. The smallest absolute Gasteiger partial charge is 0.228 e. The van der Waals surface area contributed by atoms with E-state index in [2.05, 4.69) is 17.1 Å². The second-order valence-corrected chi connectivity index (χ2v) is 8.31. The van der Waals surface area contributed by atoms with Gasteiger partial charge in [-0.05, 0) is 61.1 Å². The second-order valence-electron chi connectivity index (χ2n) is 8.31. The van der Waals surface area contributed by atoms with Crippen LogP contribution in [-0.2, 0) is 28.0 Å². The molecule has 2 aliphatic rings. The van der Waals surface area contributed by atoms with Crippen LogP contribution in [0.25, 0.3) is 5.65 Å². The monoisotopic (exact) mass is 405 g/mol. The summed E-state index contributed by atoms with van der Waals surface area (Å²) in [5.41, 5.74) is 5.25. The number of likely N-dealkylation sites (tertiary alicyclic amines) is 1. The number of pyridine rings is 1. The van der Waals surface area contributed by atoms with Crippen molar-refractivity contribution in [1.29, 1.82) is 0 Å². The van der Waals surface area contributed by atoms with Crippen molar-refractivity contribution in [3.8, 4) is 5.75 Å². The van der Waals surface area contributed by atoms with Gasteiger partial charge < -0.3 is 18.8 Å². The average Bonchev–Trinajstić information content (AvgIpc) is 3.18. The molecule has 1 aromatic carbocycles. The van der Waals surface area contributed by atoms with E-state index in [1.54, 1.807) is 7.11 Å². The number of carbonyl (C=O) groups is 1. The summed E-state index contributed by atoms with van der Waals surface area (Å²) in [4.78, 5) is 19.5. The van der Waals surface area contributed by atoms with Crippen LogP contribution >= 0.6 is 0 Å². The van der Waals surface area contributed by atoms with Gasteiger partial charge in [-0.15, -0.1) is 0 Å². The lowest BCUT2D eigenvalue weighted by molar-refractivity contribution is -0.140. The van der Waals surface area contributed by atoms with E-state index < -0.39 is 0 Å². The van der Waals surface area contributed by atoms with Crippen molar-refractivity contribution in [3.05, 3.63) is 65.1 Å². The SMILES string of the molecule is COc1ccc2c(c1)CCOC21CCN(C(=O)Cc2cnc3c(C)cccn23)CC1. The van der Waals surface area contributed by atoms with Gasteiger partial charge in [-0.2, -0.15) is 0 Å². The van der Waals surface area contributed by atoms with Gasteiger partial charge in [0.1, 0.15) is 11.4 Å². The predicted octanol–water partition coefficient (Wildman–Crippen LogP) is 3.28. The van der Waals surface area contributed by atoms with Crippen molar-refractivity contribution >= 4 is 11.6 Å². The molecule has 5 rings (SSSR count). The number of hydrogen-bond acceptors (Lipinski definition) is 4. The third kappa shape index (κ3) is 3.16. The van der Waals surface area contributed by atoms with Gasteiger partial charge in [0.05, 0.1) is 31.4 Å². The van der Waals surface area contributed by atoms with Crippen LogP contribution in [0.3, 0.4) is 0 Å². The van der Waals surface area contributed by atoms with Crippen LogP contribution in [-0.4, -0.2) is 47.0 Å². The van der Waals surface area contributed by atoms with Gasteiger partial charge in [-0.1, -0.05) is 12.1 Å². The number of hydrogen-bond donors (Lipinski definition) is 0. The summed E-state index contributed by atoms with van der Waals surface area (Å²) in [6, 6.07) is 10.3. The van der Waals surface area contributed by atoms with Crippen LogP contribution in [0.4, 0.5) is 0 Å². The minimum Gasteiger partial charge on any atom is -0.497 e. The van der Waals surface area contributed by atoms with Crippen LogP contribution in [0, 0.1) is 6.92 Å². The minimum atomic E-state index is -0.281. The Balaban J connectivity index is 1.30. The fraction of sp³-hybridized carbons (Fsp3) is 0.417. The quantitative estimate of drug-likeness (QED) is 0.671. The number of fused-ring (bicyclic) bond motifs is 3. The van der Waals surface area contributed by atoms with Crippen molar-refractivity contribution in [2.45, 2.75) is 38.2 Å². The number of aryl methyl sites for hydroxylation is 1. The summed E-state index contributed by atoms with van der Waals surface area (Å²) in [5.74, 6) is 1.04. The Morgan fingerprint density at radius 3 is 2.90 bits per heavy atom. The van der Waals surface area contributed by atoms with Gasteiger partial charge >= 0.3 is 0 Å². The van der Waals surface area contributed by atoms with Crippen molar-refractivity contribution < 1.29 is 14.3 Å². The number of methoxy groups -OCH3 is 1. The summed E-state index contributed by atoms with van der Waals surface area (Å²) in [5, 5.41) is 0. The number of ether oxygens (including phenoxy) is 2. The Morgan fingerprint density at radius 1 is 1.27 bits per heavy atom. The Hall–Kier alpha value is -2.86. The molecule has 1 saturated heterocycles. The highest BCUT2D eigenvalue weighted by Gasteiger charge is 2.41. The normalized spacial score (nSPS) is 17.9. The number of rotatable bonds is 3. The standard InChI is InChI=1S/C24H27N3O3/c1-17-4-3-10-27-19(16-25-23(17)27)15-22(28)26-11-8-24(9-12-26)21-6-5-20(29-2)14-18(21)7-13-30-24/h3-6,10,14,16H,7-9,11-13,15H2,1-2H3. The van der Waals surface area contributed by atoms with Crippen molar-refractivity contribution in [2.24, 2.45) is 0 Å². The third-order valence-corrected chi connectivity index (χ3v) is 6.62. The van der Waals surface area contributed by atoms with Crippen molar-refractivity contribution in [3.63, 3.8) is 0 Å². The number of imidazole rings is 1. The zero-order valence-corrected chi connectivity index (χ0v) is 17.6. The van der Waals surface area contributed by atoms with Gasteiger partial charge in [-0.3, -0.25) is 4.79 Å². The van der Waals surface area contributed by atoms with E-state index in [4.69, 9.17) is 9.47 Å². The zero-order chi connectivity index (χ0) is 20.7. The van der Waals surface area contributed by atoms with E-state index in [0.29, 0.717) is 19.5 Å². The maximum atomic E-state index is 13.0. The molecule has 6 nitrogen and oxygen atoms in total. The van der Waals surface area contributed by atoms with E-state index in [-0.39, 0.29) is 11.5 Å². The molecule has 2 aromatic heterocycles. The van der Waals surface area contributed by atoms with E-state index in [1.807, 2.05) is 46.8 Å². The highest BCUT2D eigenvalue weighted by atomic mass is 16.5. The number of nitrogens with zero attached hydrogens (tertiary/aromatic N) is 3. The van der Waals surface area contributed by atoms with Crippen molar-refractivity contribution in [2.75, 3.05) is 26.8 Å². The molecule has 0 unspecified atom stereocenters. The maximum Gasteiger partial charge on any atom is 0.228 e. The van der Waals surface area contributed by atoms with Gasteiger partial charge in [0.15, 0.2) is 0 Å². The molecule has 6 heteroatoms. The Kier molecular flexibility index (Phi) is 4.74. The number of amides is 1. The predicted molar refractivity (Wildman–Crippen MR) is 114 cm³/mol. The first-order chi connectivity index (χ1) is 14.6. The lowest BCUT2D eigenvalue weighted by Gasteiger charge is -2.45. The molecule has 0 radical (unpaired) electrons. The van der Waals surface area contributed by atoms with E-state index in [9.17, 15) is 4.79 Å². The first kappa shape index (κ1) is 19.1. The first-order valence-corrected chi connectivity index (χ1v) is 10.6. The molecular formula is C24H27N3O3. The molecule has 2 aliphatic heterocycles. The van der Waals surface area contributed by atoms with E-state index in [0.717, 1.165) is 48.5 Å². The molecule has 0 bridgehead atoms. The summed E-state index contributed by atoms with van der Waals surface area (Å²) >= 11 is 0. The topological polar surface area (TPSA) is 56.1 Å². The molecular weight excluding hydrogens is 378 g/mol. The summed E-state index contributed by atoms with van der Waals surface area (Å²) in [6.45, 7) is 4.17. The Bertz CT molecular complexity index is 1100. The van der Waals surface area contributed by atoms with Crippen LogP contribution in [0.15, 0.2) is 42.7 Å². The maximum absolute atomic E-state index is 13.0. The molecule has 1 fully saturated rings. The fourth-order valence-electron chi connectivity index (χ4n) is 4.91. The number of aromatic nitrogens is 2. The second kappa shape index (κ2) is 7.43. The third-order valence-electron chi connectivity index (χ3n) is 6.62. The summed E-state index contributed by atoms with van der Waals surface area (Å²) in [7, 11) is 1.70. The minimum absolute atomic E-state index is 0.152. The van der Waals surface area contributed by atoms with Gasteiger partial charge in [0, 0.05) is 25.5 Å². The van der Waals surface area contributed by atoms with Gasteiger partial charge in [0.2, 0.25) is 5.91 Å². The van der Waals surface area contributed by atoms with Crippen LogP contribution < -0.4 is 4.74 Å². The van der Waals surface area contributed by atoms with Crippen molar-refractivity contribution in [1.82, 2.24) is 14.3 Å². The summed E-state index contributed by atoms with van der Waals surface area (Å²) in [6.07, 6.45) is 6.72. The lowest BCUT2D eigenvalue weighted by Crippen LogP contribution is -2.48. The molecule has 1 amide bonds. The van der Waals surface area contributed by atoms with Gasteiger partial charge in [-0.25, -0.2) is 4.98 Å². The zero-order valence-electron chi connectivity index (χ0n) is 17.6. The Labute approximate surface area is 176 Å². The first-order valence-electron chi connectivity index (χ1n) is 10.6. The van der Waals surface area contributed by atoms with Crippen LogP contribution in [0.1, 0.15) is 35.2 Å². The highest BCUT2D eigenvalue weighted by molar-refractivity contribution is 5.79. The molecule has 156 valence electrons. The Morgan fingerprint density at radius 2 is 2.10 bits per heavy atom. The molecule has 0 N–H and O–H groups in total. The molecule has 1 spiro atoms. The van der Waals surface area contributed by atoms with Gasteiger partial charge in [0.25, 0.3) is 0 Å². The number of piperidine rings is 1. The molecule has 3 aromatic rings. The number of benzene rings is 1. The molecule has 0 atom stereocenters. The molecule has 0 saturated carbocycles. The fourth-order valence-corrected chi connectivity index (χ4v) is 4.91. The molecule has 4 heterocycles. The van der Waals surface area contributed by atoms with E-state index in [1.165, 1.54) is 11.1 Å². The highest BCUT2D eigenvalue weighted by Crippen LogP contribution is 2.42. The number of carbonyl (C=O) groups excluding carboxylic acids is 1. The molecule has 30 heavy (non-hydrogen) atoms. The summed E-state index contributed by atoms with van der Waals surface area (Å²) < 4.78 is 13.7. The van der Waals surface area contributed by atoms with E-state index >= 15 is 0 Å². The lowest BCUT2D eigenvalue weighted by atomic mass is 9.79. The largest absolute Gasteiger partial charge is 0.497 e.